The number of rotatable bonds is 6. The van der Waals surface area contributed by atoms with E-state index in [-0.39, 0.29) is 4.90 Å². The van der Waals surface area contributed by atoms with Gasteiger partial charge in [0.1, 0.15) is 5.75 Å². The molecule has 7 nitrogen and oxygen atoms in total. The highest BCUT2D eigenvalue weighted by Gasteiger charge is 2.32. The first kappa shape index (κ1) is 23.4. The van der Waals surface area contributed by atoms with Crippen LogP contribution in [-0.2, 0) is 16.4 Å². The van der Waals surface area contributed by atoms with Gasteiger partial charge in [-0.25, -0.2) is 8.42 Å². The van der Waals surface area contributed by atoms with Gasteiger partial charge in [-0.05, 0) is 49.4 Å². The van der Waals surface area contributed by atoms with Crippen molar-refractivity contribution < 1.29 is 26.3 Å². The molecule has 33 heavy (non-hydrogen) atoms. The van der Waals surface area contributed by atoms with Gasteiger partial charge in [-0.2, -0.15) is 4.31 Å². The Hall–Kier alpha value is -2.76. The summed E-state index contributed by atoms with van der Waals surface area (Å²) < 4.78 is 67.8. The Morgan fingerprint density at radius 3 is 2.36 bits per heavy atom. The number of ether oxygens (including phenoxy) is 1. The lowest BCUT2D eigenvalue weighted by atomic mass is 10.1. The van der Waals surface area contributed by atoms with Crippen LogP contribution < -0.4 is 4.74 Å². The molecule has 0 unspecified atom stereocenters. The highest BCUT2D eigenvalue weighted by atomic mass is 32.2. The van der Waals surface area contributed by atoms with E-state index in [0.29, 0.717) is 26.2 Å². The van der Waals surface area contributed by atoms with E-state index in [1.165, 1.54) is 4.31 Å². The highest BCUT2D eigenvalue weighted by molar-refractivity contribution is 7.89. The summed E-state index contributed by atoms with van der Waals surface area (Å²) in [4.78, 5) is 11.1. The standard InChI is InChI=1S/C22H23F3N4O3S/c1-16-20-7-2-17(27-21(20)8-10-26-16)9-11-28-12-14-29(15-13-28)33(30,31)19-5-3-18(4-6-19)32-22(23,24)25/h2-8,10H,9,11-15H2,1H3. The second-order valence-electron chi connectivity index (χ2n) is 7.78. The second kappa shape index (κ2) is 9.24. The fourth-order valence-corrected chi connectivity index (χ4v) is 5.23. The average Bonchev–Trinajstić information content (AvgIpc) is 2.77. The van der Waals surface area contributed by atoms with Crippen LogP contribution in [0, 0.1) is 6.92 Å². The molecule has 0 saturated carbocycles. The van der Waals surface area contributed by atoms with Crippen molar-refractivity contribution in [2.24, 2.45) is 0 Å². The Morgan fingerprint density at radius 1 is 1.00 bits per heavy atom. The normalized spacial score (nSPS) is 16.2. The van der Waals surface area contributed by atoms with Crippen LogP contribution in [0.2, 0.25) is 0 Å². The number of hydrogen-bond acceptors (Lipinski definition) is 6. The molecule has 3 aromatic rings. The van der Waals surface area contributed by atoms with Crippen molar-refractivity contribution in [2.45, 2.75) is 24.6 Å². The minimum absolute atomic E-state index is 0.0596. The molecule has 1 aliphatic heterocycles. The minimum atomic E-state index is -4.82. The van der Waals surface area contributed by atoms with E-state index in [9.17, 15) is 21.6 Å². The Morgan fingerprint density at radius 2 is 1.70 bits per heavy atom. The zero-order chi connectivity index (χ0) is 23.6. The van der Waals surface area contributed by atoms with Crippen molar-refractivity contribution in [3.63, 3.8) is 0 Å². The molecule has 1 aromatic carbocycles. The number of sulfonamides is 1. The maximum Gasteiger partial charge on any atom is 0.573 e. The largest absolute Gasteiger partial charge is 0.573 e. The number of hydrogen-bond donors (Lipinski definition) is 0. The number of alkyl halides is 3. The van der Waals surface area contributed by atoms with E-state index in [0.717, 1.165) is 59.5 Å². The summed E-state index contributed by atoms with van der Waals surface area (Å²) in [5, 5.41) is 1.03. The fourth-order valence-electron chi connectivity index (χ4n) is 3.81. The van der Waals surface area contributed by atoms with Gasteiger partial charge >= 0.3 is 6.36 Å². The number of halogens is 3. The molecular weight excluding hydrogens is 457 g/mol. The first-order chi connectivity index (χ1) is 15.6. The maximum atomic E-state index is 12.9. The zero-order valence-corrected chi connectivity index (χ0v) is 18.7. The van der Waals surface area contributed by atoms with E-state index in [1.807, 2.05) is 25.1 Å². The van der Waals surface area contributed by atoms with Gasteiger partial charge in [0, 0.05) is 62.1 Å². The third-order valence-electron chi connectivity index (χ3n) is 5.58. The first-order valence-electron chi connectivity index (χ1n) is 10.4. The van der Waals surface area contributed by atoms with Crippen LogP contribution in [-0.4, -0.2) is 66.7 Å². The molecule has 0 atom stereocenters. The predicted molar refractivity (Wildman–Crippen MR) is 116 cm³/mol. The lowest BCUT2D eigenvalue weighted by molar-refractivity contribution is -0.274. The summed E-state index contributed by atoms with van der Waals surface area (Å²) in [5.41, 5.74) is 2.80. The summed E-state index contributed by atoms with van der Waals surface area (Å²) in [5.74, 6) is -0.458. The molecule has 1 saturated heterocycles. The number of nitrogens with zero attached hydrogens (tertiary/aromatic N) is 4. The number of pyridine rings is 2. The molecule has 0 aliphatic carbocycles. The number of aryl methyl sites for hydroxylation is 1. The Balaban J connectivity index is 1.32. The molecule has 1 fully saturated rings. The van der Waals surface area contributed by atoms with Gasteiger partial charge in [0.15, 0.2) is 0 Å². The van der Waals surface area contributed by atoms with Gasteiger partial charge in [-0.15, -0.1) is 13.2 Å². The summed E-state index contributed by atoms with van der Waals surface area (Å²) in [6.07, 6.45) is -2.34. The van der Waals surface area contributed by atoms with Crippen LogP contribution in [0.1, 0.15) is 11.4 Å². The zero-order valence-electron chi connectivity index (χ0n) is 17.9. The molecule has 1 aliphatic rings. The SMILES string of the molecule is Cc1nccc2nc(CCN3CCN(S(=O)(=O)c4ccc(OC(F)(F)F)cc4)CC3)ccc12. The Bertz CT molecular complexity index is 1230. The van der Waals surface area contributed by atoms with Crippen LogP contribution in [0.5, 0.6) is 5.75 Å². The number of benzene rings is 1. The summed E-state index contributed by atoms with van der Waals surface area (Å²) in [6.45, 7) is 4.43. The van der Waals surface area contributed by atoms with E-state index < -0.39 is 22.1 Å². The summed E-state index contributed by atoms with van der Waals surface area (Å²) >= 11 is 0. The molecule has 2 aromatic heterocycles. The topological polar surface area (TPSA) is 75.6 Å². The number of aromatic nitrogens is 2. The molecular formula is C22H23F3N4O3S. The molecule has 0 bridgehead atoms. The van der Waals surface area contributed by atoms with Crippen LogP contribution in [0.15, 0.2) is 53.6 Å². The van der Waals surface area contributed by atoms with E-state index >= 15 is 0 Å². The third-order valence-corrected chi connectivity index (χ3v) is 7.50. The highest BCUT2D eigenvalue weighted by Crippen LogP contribution is 2.25. The van der Waals surface area contributed by atoms with Gasteiger partial charge in [-0.3, -0.25) is 9.97 Å². The van der Waals surface area contributed by atoms with E-state index in [1.54, 1.807) is 6.20 Å². The van der Waals surface area contributed by atoms with Gasteiger partial charge in [0.05, 0.1) is 10.4 Å². The molecule has 11 heteroatoms. The molecule has 0 amide bonds. The van der Waals surface area contributed by atoms with Crippen molar-refractivity contribution in [1.29, 1.82) is 0 Å². The van der Waals surface area contributed by atoms with Crippen molar-refractivity contribution in [3.05, 3.63) is 60.0 Å². The maximum absolute atomic E-state index is 12.9. The Kier molecular flexibility index (Phi) is 6.55. The predicted octanol–water partition coefficient (Wildman–Crippen LogP) is 3.39. The van der Waals surface area contributed by atoms with Crippen molar-refractivity contribution in [1.82, 2.24) is 19.2 Å². The quantitative estimate of drug-likeness (QED) is 0.539. The minimum Gasteiger partial charge on any atom is -0.406 e. The Labute approximate surface area is 189 Å². The summed E-state index contributed by atoms with van der Waals surface area (Å²) in [7, 11) is -3.79. The average molecular weight is 481 g/mol. The van der Waals surface area contributed by atoms with Crippen molar-refractivity contribution in [3.8, 4) is 5.75 Å². The molecule has 0 radical (unpaired) electrons. The van der Waals surface area contributed by atoms with Gasteiger partial charge in [0.2, 0.25) is 10.0 Å². The lowest BCUT2D eigenvalue weighted by Gasteiger charge is -2.33. The second-order valence-corrected chi connectivity index (χ2v) is 9.72. The van der Waals surface area contributed by atoms with Crippen molar-refractivity contribution in [2.75, 3.05) is 32.7 Å². The van der Waals surface area contributed by atoms with Crippen LogP contribution in [0.3, 0.4) is 0 Å². The molecule has 3 heterocycles. The number of fused-ring (bicyclic) bond motifs is 1. The monoisotopic (exact) mass is 480 g/mol. The van der Waals surface area contributed by atoms with Gasteiger partial charge in [-0.1, -0.05) is 0 Å². The van der Waals surface area contributed by atoms with Crippen LogP contribution in [0.25, 0.3) is 10.9 Å². The van der Waals surface area contributed by atoms with Crippen LogP contribution in [0.4, 0.5) is 13.2 Å². The van der Waals surface area contributed by atoms with Crippen LogP contribution >= 0.6 is 0 Å². The van der Waals surface area contributed by atoms with Crippen molar-refractivity contribution >= 4 is 20.9 Å². The summed E-state index contributed by atoms with van der Waals surface area (Å²) in [6, 6.07) is 10.2. The molecule has 176 valence electrons. The lowest BCUT2D eigenvalue weighted by Crippen LogP contribution is -2.49. The fraction of sp³-hybridized carbons (Fsp3) is 0.364. The van der Waals surface area contributed by atoms with E-state index in [2.05, 4.69) is 19.6 Å². The van der Waals surface area contributed by atoms with Gasteiger partial charge < -0.3 is 9.64 Å². The first-order valence-corrected chi connectivity index (χ1v) is 11.9. The molecule has 0 N–H and O–H groups in total. The number of piperazine rings is 1. The third kappa shape index (κ3) is 5.60. The van der Waals surface area contributed by atoms with Gasteiger partial charge in [0.25, 0.3) is 0 Å². The van der Waals surface area contributed by atoms with E-state index in [4.69, 9.17) is 0 Å². The molecule has 0 spiro atoms. The molecule has 4 rings (SSSR count). The smallest absolute Gasteiger partial charge is 0.406 e.